The Balaban J connectivity index is 1.58. The van der Waals surface area contributed by atoms with Crippen molar-refractivity contribution >= 4 is 5.69 Å². The summed E-state index contributed by atoms with van der Waals surface area (Å²) in [6, 6.07) is 14.9. The number of fused-ring (bicyclic) bond motifs is 1. The van der Waals surface area contributed by atoms with Gasteiger partial charge in [0, 0.05) is 24.7 Å². The van der Waals surface area contributed by atoms with E-state index < -0.39 is 0 Å². The highest BCUT2D eigenvalue weighted by atomic mass is 16.5. The summed E-state index contributed by atoms with van der Waals surface area (Å²) < 4.78 is 11.0. The van der Waals surface area contributed by atoms with Gasteiger partial charge in [0.1, 0.15) is 18.1 Å². The van der Waals surface area contributed by atoms with Gasteiger partial charge in [-0.05, 0) is 37.1 Å². The lowest BCUT2D eigenvalue weighted by molar-refractivity contribution is 0.323. The van der Waals surface area contributed by atoms with Gasteiger partial charge < -0.3 is 20.1 Å². The van der Waals surface area contributed by atoms with Gasteiger partial charge in [0.25, 0.3) is 0 Å². The number of anilines is 1. The number of benzene rings is 2. The molecule has 0 radical (unpaired) electrons. The van der Waals surface area contributed by atoms with Crippen molar-refractivity contribution in [2.24, 2.45) is 0 Å². The molecular weight excluding hydrogens is 288 g/mol. The van der Waals surface area contributed by atoms with E-state index in [1.807, 2.05) is 18.2 Å². The van der Waals surface area contributed by atoms with Gasteiger partial charge in [-0.2, -0.15) is 0 Å². The minimum Gasteiger partial charge on any atom is -0.496 e. The van der Waals surface area contributed by atoms with Crippen molar-refractivity contribution in [1.29, 1.82) is 0 Å². The molecule has 2 aromatic carbocycles. The first kappa shape index (κ1) is 15.7. The maximum Gasteiger partial charge on any atom is 0.142 e. The summed E-state index contributed by atoms with van der Waals surface area (Å²) in [5.41, 5.74) is 3.59. The van der Waals surface area contributed by atoms with Crippen LogP contribution in [0.15, 0.2) is 42.5 Å². The molecule has 1 aliphatic heterocycles. The smallest absolute Gasteiger partial charge is 0.142 e. The minimum atomic E-state index is 0.377. The summed E-state index contributed by atoms with van der Waals surface area (Å²) >= 11 is 0. The fourth-order valence-corrected chi connectivity index (χ4v) is 2.87. The third kappa shape index (κ3) is 3.96. The number of para-hydroxylation sites is 1. The molecule has 0 saturated heterocycles. The predicted molar refractivity (Wildman–Crippen MR) is 93.4 cm³/mol. The molecule has 1 unspecified atom stereocenters. The topological polar surface area (TPSA) is 42.5 Å². The van der Waals surface area contributed by atoms with Crippen LogP contribution in [0, 0.1) is 0 Å². The van der Waals surface area contributed by atoms with Crippen LogP contribution < -0.4 is 20.1 Å². The number of nitrogens with one attached hydrogen (secondary N) is 2. The first-order valence-corrected chi connectivity index (χ1v) is 8.11. The van der Waals surface area contributed by atoms with Gasteiger partial charge in [-0.3, -0.25) is 0 Å². The monoisotopic (exact) mass is 312 g/mol. The van der Waals surface area contributed by atoms with Crippen molar-refractivity contribution < 1.29 is 9.47 Å². The third-order valence-electron chi connectivity index (χ3n) is 4.09. The fourth-order valence-electron chi connectivity index (χ4n) is 2.87. The van der Waals surface area contributed by atoms with Crippen molar-refractivity contribution in [2.45, 2.75) is 25.9 Å². The van der Waals surface area contributed by atoms with Crippen LogP contribution in [-0.4, -0.2) is 26.3 Å². The standard InChI is InChI=1S/C19H24N2O2/c1-14(21-13-16-5-3-4-6-18(16)22-2)11-15-7-8-19-17(12-15)20-9-10-23-19/h3-8,12,14,20-21H,9-11,13H2,1-2H3. The molecule has 2 aromatic rings. The summed E-state index contributed by atoms with van der Waals surface area (Å²) in [6.45, 7) is 4.62. The van der Waals surface area contributed by atoms with Crippen LogP contribution in [0.25, 0.3) is 0 Å². The second-order valence-corrected chi connectivity index (χ2v) is 5.90. The van der Waals surface area contributed by atoms with Crippen LogP contribution in [0.1, 0.15) is 18.1 Å². The van der Waals surface area contributed by atoms with Crippen molar-refractivity contribution in [3.05, 3.63) is 53.6 Å². The van der Waals surface area contributed by atoms with Crippen LogP contribution in [-0.2, 0) is 13.0 Å². The Morgan fingerprint density at radius 2 is 2.13 bits per heavy atom. The molecule has 1 heterocycles. The summed E-state index contributed by atoms with van der Waals surface area (Å²) in [7, 11) is 1.71. The van der Waals surface area contributed by atoms with Gasteiger partial charge in [0.05, 0.1) is 12.8 Å². The van der Waals surface area contributed by atoms with E-state index >= 15 is 0 Å². The Kier molecular flexibility index (Phi) is 5.03. The Labute approximate surface area is 137 Å². The van der Waals surface area contributed by atoms with E-state index in [0.717, 1.165) is 43.3 Å². The minimum absolute atomic E-state index is 0.377. The third-order valence-corrected chi connectivity index (χ3v) is 4.09. The number of rotatable bonds is 6. The van der Waals surface area contributed by atoms with Crippen LogP contribution in [0.3, 0.4) is 0 Å². The molecule has 3 rings (SSSR count). The fraction of sp³-hybridized carbons (Fsp3) is 0.368. The molecule has 4 heteroatoms. The average molecular weight is 312 g/mol. The number of ether oxygens (including phenoxy) is 2. The van der Waals surface area contributed by atoms with Gasteiger partial charge in [0.15, 0.2) is 0 Å². The summed E-state index contributed by atoms with van der Waals surface area (Å²) in [6.07, 6.45) is 0.976. The number of hydrogen-bond donors (Lipinski definition) is 2. The Morgan fingerprint density at radius 3 is 3.00 bits per heavy atom. The molecule has 23 heavy (non-hydrogen) atoms. The molecule has 0 saturated carbocycles. The second kappa shape index (κ2) is 7.38. The highest BCUT2D eigenvalue weighted by Gasteiger charge is 2.11. The molecule has 0 aromatic heterocycles. The molecule has 0 aliphatic carbocycles. The number of hydrogen-bond acceptors (Lipinski definition) is 4. The van der Waals surface area contributed by atoms with Crippen LogP contribution in [0.2, 0.25) is 0 Å². The highest BCUT2D eigenvalue weighted by molar-refractivity contribution is 5.59. The molecule has 4 nitrogen and oxygen atoms in total. The quantitative estimate of drug-likeness (QED) is 0.859. The van der Waals surface area contributed by atoms with Crippen LogP contribution in [0.5, 0.6) is 11.5 Å². The van der Waals surface area contributed by atoms with E-state index in [-0.39, 0.29) is 0 Å². The first-order chi connectivity index (χ1) is 11.3. The van der Waals surface area contributed by atoms with E-state index in [1.54, 1.807) is 7.11 Å². The second-order valence-electron chi connectivity index (χ2n) is 5.90. The van der Waals surface area contributed by atoms with Crippen LogP contribution >= 0.6 is 0 Å². The maximum absolute atomic E-state index is 5.62. The summed E-state index contributed by atoms with van der Waals surface area (Å²) in [5.74, 6) is 1.89. The average Bonchev–Trinajstić information content (AvgIpc) is 2.60. The van der Waals surface area contributed by atoms with E-state index in [4.69, 9.17) is 9.47 Å². The molecule has 0 spiro atoms. The zero-order valence-electron chi connectivity index (χ0n) is 13.8. The molecule has 122 valence electrons. The lowest BCUT2D eigenvalue weighted by Crippen LogP contribution is -2.28. The normalized spacial score (nSPS) is 14.3. The molecule has 2 N–H and O–H groups in total. The highest BCUT2D eigenvalue weighted by Crippen LogP contribution is 2.28. The Morgan fingerprint density at radius 1 is 1.26 bits per heavy atom. The van der Waals surface area contributed by atoms with E-state index in [0.29, 0.717) is 6.04 Å². The lowest BCUT2D eigenvalue weighted by Gasteiger charge is -2.21. The van der Waals surface area contributed by atoms with Gasteiger partial charge in [-0.1, -0.05) is 24.3 Å². The summed E-state index contributed by atoms with van der Waals surface area (Å²) in [5, 5.41) is 6.96. The zero-order valence-corrected chi connectivity index (χ0v) is 13.8. The first-order valence-electron chi connectivity index (χ1n) is 8.11. The Hall–Kier alpha value is -2.20. The van der Waals surface area contributed by atoms with Crippen molar-refractivity contribution in [3.63, 3.8) is 0 Å². The summed E-state index contributed by atoms with van der Waals surface area (Å²) in [4.78, 5) is 0. The van der Waals surface area contributed by atoms with Gasteiger partial charge in [-0.25, -0.2) is 0 Å². The van der Waals surface area contributed by atoms with E-state index in [1.165, 1.54) is 11.1 Å². The van der Waals surface area contributed by atoms with Crippen LogP contribution in [0.4, 0.5) is 5.69 Å². The van der Waals surface area contributed by atoms with Crippen molar-refractivity contribution in [3.8, 4) is 11.5 Å². The largest absolute Gasteiger partial charge is 0.496 e. The van der Waals surface area contributed by atoms with E-state index in [2.05, 4.69) is 41.8 Å². The molecule has 0 bridgehead atoms. The molecule has 1 aliphatic rings. The molecular formula is C19H24N2O2. The van der Waals surface area contributed by atoms with Crippen molar-refractivity contribution in [2.75, 3.05) is 25.6 Å². The van der Waals surface area contributed by atoms with Gasteiger partial charge in [-0.15, -0.1) is 0 Å². The molecule has 0 fully saturated rings. The van der Waals surface area contributed by atoms with Gasteiger partial charge >= 0.3 is 0 Å². The lowest BCUT2D eigenvalue weighted by atomic mass is 10.0. The van der Waals surface area contributed by atoms with Crippen molar-refractivity contribution in [1.82, 2.24) is 5.32 Å². The predicted octanol–water partition coefficient (Wildman–Crippen LogP) is 3.22. The van der Waals surface area contributed by atoms with Gasteiger partial charge in [0.2, 0.25) is 0 Å². The maximum atomic E-state index is 5.62. The molecule has 0 amide bonds. The SMILES string of the molecule is COc1ccccc1CNC(C)Cc1ccc2c(c1)NCCO2. The zero-order chi connectivity index (χ0) is 16.1. The van der Waals surface area contributed by atoms with E-state index in [9.17, 15) is 0 Å². The molecule has 1 atom stereocenters. The Bertz CT molecular complexity index is 658. The number of methoxy groups -OCH3 is 1.